The molecule has 2 aromatic heterocycles. The van der Waals surface area contributed by atoms with Crippen LogP contribution in [0.2, 0.25) is 0 Å². The number of benzene rings is 1. The topological polar surface area (TPSA) is 85.9 Å². The fraction of sp³-hybridized carbons (Fsp3) is 0.188. The zero-order valence-corrected chi connectivity index (χ0v) is 12.4. The largest absolute Gasteiger partial charge is 0.350 e. The first-order valence-corrected chi connectivity index (χ1v) is 7.10. The van der Waals surface area contributed by atoms with E-state index in [0.29, 0.717) is 5.69 Å². The van der Waals surface area contributed by atoms with Gasteiger partial charge < -0.3 is 4.98 Å². The minimum absolute atomic E-state index is 0.230. The highest BCUT2D eigenvalue weighted by molar-refractivity contribution is 6.01. The van der Waals surface area contributed by atoms with Gasteiger partial charge in [0.05, 0.1) is 11.9 Å². The molecule has 3 N–H and O–H groups in total. The lowest BCUT2D eigenvalue weighted by Crippen LogP contribution is -2.19. The lowest BCUT2D eigenvalue weighted by molar-refractivity contribution is 0.0949. The van der Waals surface area contributed by atoms with E-state index >= 15 is 0 Å². The van der Waals surface area contributed by atoms with Crippen LogP contribution < -0.4 is 5.43 Å². The van der Waals surface area contributed by atoms with E-state index in [1.54, 1.807) is 12.3 Å². The number of carbonyl (C=O) groups excluding carboxylic acids is 1. The molecule has 112 valence electrons. The summed E-state index contributed by atoms with van der Waals surface area (Å²) in [5.41, 5.74) is 5.78. The van der Waals surface area contributed by atoms with E-state index in [-0.39, 0.29) is 11.8 Å². The zero-order chi connectivity index (χ0) is 15.5. The molecule has 0 atom stereocenters. The Bertz CT molecular complexity index is 814. The number of H-pyrrole nitrogens is 2. The van der Waals surface area contributed by atoms with Crippen LogP contribution in [0, 0.1) is 0 Å². The maximum Gasteiger partial charge on any atom is 0.288 e. The number of aromatic amines is 2. The van der Waals surface area contributed by atoms with Gasteiger partial charge in [0.1, 0.15) is 5.69 Å². The molecule has 0 aliphatic rings. The summed E-state index contributed by atoms with van der Waals surface area (Å²) >= 11 is 0. The molecule has 0 radical (unpaired) electrons. The third kappa shape index (κ3) is 2.63. The third-order valence-corrected chi connectivity index (χ3v) is 3.44. The molecule has 0 bridgehead atoms. The highest BCUT2D eigenvalue weighted by Gasteiger charge is 2.19. The average molecular weight is 295 g/mol. The van der Waals surface area contributed by atoms with Crippen molar-refractivity contribution in [2.45, 2.75) is 19.8 Å². The van der Waals surface area contributed by atoms with Crippen LogP contribution in [0.1, 0.15) is 41.5 Å². The number of nitrogens with zero attached hydrogens (tertiary/aromatic N) is 2. The molecular weight excluding hydrogens is 278 g/mol. The lowest BCUT2D eigenvalue weighted by atomic mass is 9.99. The summed E-state index contributed by atoms with van der Waals surface area (Å²) in [4.78, 5) is 15.6. The van der Waals surface area contributed by atoms with Crippen molar-refractivity contribution in [1.29, 1.82) is 0 Å². The standard InChI is InChI=1S/C16H17N5O/c1-10(2)14-12-5-3-4-6-13(12)19-15(14)16(22)21-18-9-11-7-8-17-20-11/h3-10,19H,1-2H3,(H,17,20)(H,21,22)/b18-9+. The molecule has 0 aliphatic heterocycles. The van der Waals surface area contributed by atoms with Crippen molar-refractivity contribution < 1.29 is 4.79 Å². The number of amides is 1. The van der Waals surface area contributed by atoms with E-state index in [1.807, 2.05) is 24.3 Å². The van der Waals surface area contributed by atoms with Crippen LogP contribution >= 0.6 is 0 Å². The van der Waals surface area contributed by atoms with Gasteiger partial charge in [0, 0.05) is 17.1 Å². The molecule has 0 fully saturated rings. The molecule has 6 heteroatoms. The number of rotatable bonds is 4. The number of carbonyl (C=O) groups is 1. The van der Waals surface area contributed by atoms with Crippen LogP contribution in [-0.4, -0.2) is 27.3 Å². The van der Waals surface area contributed by atoms with Crippen LogP contribution in [0.3, 0.4) is 0 Å². The third-order valence-electron chi connectivity index (χ3n) is 3.44. The number of fused-ring (bicyclic) bond motifs is 1. The Hall–Kier alpha value is -2.89. The molecular formula is C16H17N5O. The Morgan fingerprint density at radius 2 is 2.14 bits per heavy atom. The first-order chi connectivity index (χ1) is 10.7. The number of para-hydroxylation sites is 1. The Morgan fingerprint density at radius 3 is 2.86 bits per heavy atom. The Balaban J connectivity index is 1.88. The van der Waals surface area contributed by atoms with Crippen molar-refractivity contribution in [2.24, 2.45) is 5.10 Å². The van der Waals surface area contributed by atoms with Gasteiger partial charge >= 0.3 is 0 Å². The summed E-state index contributed by atoms with van der Waals surface area (Å²) in [5.74, 6) is -0.0239. The Kier molecular flexibility index (Phi) is 3.74. The van der Waals surface area contributed by atoms with Gasteiger partial charge in [-0.05, 0) is 23.6 Å². The Morgan fingerprint density at radius 1 is 1.32 bits per heavy atom. The van der Waals surface area contributed by atoms with Gasteiger partial charge in [-0.2, -0.15) is 10.2 Å². The molecule has 0 saturated heterocycles. The van der Waals surface area contributed by atoms with E-state index in [0.717, 1.165) is 22.2 Å². The van der Waals surface area contributed by atoms with E-state index in [4.69, 9.17) is 0 Å². The highest BCUT2D eigenvalue weighted by Crippen LogP contribution is 2.28. The quantitative estimate of drug-likeness (QED) is 0.510. The van der Waals surface area contributed by atoms with Crippen LogP contribution in [0.25, 0.3) is 10.9 Å². The number of hydrazone groups is 1. The van der Waals surface area contributed by atoms with Crippen molar-refractivity contribution in [1.82, 2.24) is 20.6 Å². The summed E-state index contributed by atoms with van der Waals surface area (Å²) in [6.07, 6.45) is 3.14. The summed E-state index contributed by atoms with van der Waals surface area (Å²) in [7, 11) is 0. The maximum absolute atomic E-state index is 12.4. The fourth-order valence-electron chi connectivity index (χ4n) is 2.50. The molecule has 3 aromatic rings. The first kappa shape index (κ1) is 14.1. The minimum atomic E-state index is -0.254. The molecule has 0 saturated carbocycles. The predicted molar refractivity (Wildman–Crippen MR) is 86.0 cm³/mol. The van der Waals surface area contributed by atoms with Crippen molar-refractivity contribution in [3.8, 4) is 0 Å². The van der Waals surface area contributed by atoms with Gasteiger partial charge in [0.15, 0.2) is 0 Å². The van der Waals surface area contributed by atoms with E-state index in [1.165, 1.54) is 6.21 Å². The molecule has 1 aromatic carbocycles. The van der Waals surface area contributed by atoms with Crippen LogP contribution in [0.5, 0.6) is 0 Å². The van der Waals surface area contributed by atoms with Crippen LogP contribution in [-0.2, 0) is 0 Å². The average Bonchev–Trinajstić information content (AvgIpc) is 3.13. The molecule has 3 rings (SSSR count). The first-order valence-electron chi connectivity index (χ1n) is 7.10. The second-order valence-corrected chi connectivity index (χ2v) is 5.33. The lowest BCUT2D eigenvalue weighted by Gasteiger charge is -2.06. The van der Waals surface area contributed by atoms with Crippen molar-refractivity contribution in [3.63, 3.8) is 0 Å². The van der Waals surface area contributed by atoms with E-state index < -0.39 is 0 Å². The fourth-order valence-corrected chi connectivity index (χ4v) is 2.50. The Labute approximate surface area is 127 Å². The van der Waals surface area contributed by atoms with Crippen LogP contribution in [0.4, 0.5) is 0 Å². The number of hydrogen-bond donors (Lipinski definition) is 3. The predicted octanol–water partition coefficient (Wildman–Crippen LogP) is 2.78. The smallest absolute Gasteiger partial charge is 0.288 e. The normalized spacial score (nSPS) is 11.6. The number of hydrogen-bond acceptors (Lipinski definition) is 3. The summed E-state index contributed by atoms with van der Waals surface area (Å²) in [5, 5.41) is 11.6. The van der Waals surface area contributed by atoms with Crippen LogP contribution in [0.15, 0.2) is 41.6 Å². The van der Waals surface area contributed by atoms with Crippen molar-refractivity contribution in [2.75, 3.05) is 0 Å². The molecule has 0 spiro atoms. The van der Waals surface area contributed by atoms with E-state index in [9.17, 15) is 4.79 Å². The second kappa shape index (κ2) is 5.85. The molecule has 6 nitrogen and oxygen atoms in total. The number of nitrogens with one attached hydrogen (secondary N) is 3. The molecule has 2 heterocycles. The van der Waals surface area contributed by atoms with Gasteiger partial charge in [0.25, 0.3) is 5.91 Å². The molecule has 0 unspecified atom stereocenters. The van der Waals surface area contributed by atoms with Gasteiger partial charge in [-0.1, -0.05) is 32.0 Å². The van der Waals surface area contributed by atoms with Gasteiger partial charge in [-0.3, -0.25) is 9.89 Å². The summed E-state index contributed by atoms with van der Waals surface area (Å²) in [6, 6.07) is 9.66. The summed E-state index contributed by atoms with van der Waals surface area (Å²) < 4.78 is 0. The van der Waals surface area contributed by atoms with Gasteiger partial charge in [0.2, 0.25) is 0 Å². The maximum atomic E-state index is 12.4. The van der Waals surface area contributed by atoms with Crippen molar-refractivity contribution >= 4 is 23.0 Å². The SMILES string of the molecule is CC(C)c1c(C(=O)N/N=C/c2ccn[nH]2)[nH]c2ccccc12. The van der Waals surface area contributed by atoms with E-state index in [2.05, 4.69) is 39.6 Å². The highest BCUT2D eigenvalue weighted by atomic mass is 16.2. The molecule has 22 heavy (non-hydrogen) atoms. The van der Waals surface area contributed by atoms with Gasteiger partial charge in [-0.15, -0.1) is 0 Å². The second-order valence-electron chi connectivity index (χ2n) is 5.33. The molecule has 0 aliphatic carbocycles. The number of aromatic nitrogens is 3. The molecule has 1 amide bonds. The minimum Gasteiger partial charge on any atom is -0.350 e. The monoisotopic (exact) mass is 295 g/mol. The van der Waals surface area contributed by atoms with Gasteiger partial charge in [-0.25, -0.2) is 5.43 Å². The zero-order valence-electron chi connectivity index (χ0n) is 12.4. The summed E-state index contributed by atoms with van der Waals surface area (Å²) in [6.45, 7) is 4.14. The van der Waals surface area contributed by atoms with Crippen molar-refractivity contribution in [3.05, 3.63) is 53.5 Å².